The maximum Gasteiger partial charge on any atom is 0.281 e. The van der Waals surface area contributed by atoms with Crippen LogP contribution in [0.1, 0.15) is 0 Å². The number of hydrogen-bond acceptors (Lipinski definition) is 3. The summed E-state index contributed by atoms with van der Waals surface area (Å²) in [4.78, 5) is 3.80. The Labute approximate surface area is 71.1 Å². The van der Waals surface area contributed by atoms with Crippen LogP contribution in [0.5, 0.6) is 0 Å². The minimum atomic E-state index is -3.54. The summed E-state index contributed by atoms with van der Waals surface area (Å²) in [6.45, 7) is 3.63. The van der Waals surface area contributed by atoms with E-state index >= 15 is 0 Å². The third kappa shape index (κ3) is 2.13. The molecule has 0 N–H and O–H groups in total. The Bertz CT molecular complexity index is 363. The molecule has 0 saturated carbocycles. The first kappa shape index (κ1) is 8.86. The van der Waals surface area contributed by atoms with Gasteiger partial charge in [0, 0.05) is 12.4 Å². The van der Waals surface area contributed by atoms with Crippen molar-refractivity contribution in [2.45, 2.75) is 0 Å². The van der Waals surface area contributed by atoms with Crippen molar-refractivity contribution in [1.29, 1.82) is 0 Å². The molecule has 0 aromatic carbocycles. The van der Waals surface area contributed by atoms with Crippen LogP contribution in [0, 0.1) is 0 Å². The van der Waals surface area contributed by atoms with E-state index in [1.165, 1.54) is 24.6 Å². The first-order valence-corrected chi connectivity index (χ1v) is 4.71. The summed E-state index contributed by atoms with van der Waals surface area (Å²) in [7, 11) is -3.54. The average molecular weight is 184 g/mol. The number of allylic oxidation sites excluding steroid dienone is 2. The van der Waals surface area contributed by atoms with Crippen molar-refractivity contribution in [3.05, 3.63) is 23.6 Å². The first-order valence-electron chi connectivity index (χ1n) is 3.27. The highest BCUT2D eigenvalue weighted by Crippen LogP contribution is 2.07. The van der Waals surface area contributed by atoms with Gasteiger partial charge in [-0.05, 0) is 12.2 Å². The third-order valence-electron chi connectivity index (χ3n) is 1.21. The van der Waals surface area contributed by atoms with Crippen LogP contribution in [0.15, 0.2) is 33.0 Å². The molecule has 0 spiro atoms. The molecule has 0 aromatic rings. The molecule has 64 valence electrons. The van der Waals surface area contributed by atoms with E-state index in [-0.39, 0.29) is 11.4 Å². The molecule has 0 amide bonds. The molecule has 0 atom stereocenters. The number of nitrogens with zero attached hydrogens (tertiary/aromatic N) is 2. The molecule has 1 aliphatic heterocycles. The van der Waals surface area contributed by atoms with Crippen LogP contribution in [-0.2, 0) is 10.0 Å². The molecule has 0 radical (unpaired) electrons. The van der Waals surface area contributed by atoms with Gasteiger partial charge < -0.3 is 0 Å². The van der Waals surface area contributed by atoms with Crippen molar-refractivity contribution >= 4 is 22.5 Å². The molecular weight excluding hydrogens is 176 g/mol. The molecule has 1 heterocycles. The monoisotopic (exact) mass is 184 g/mol. The predicted molar refractivity (Wildman–Crippen MR) is 49.1 cm³/mol. The van der Waals surface area contributed by atoms with Gasteiger partial charge in [-0.2, -0.15) is 12.8 Å². The Kier molecular flexibility index (Phi) is 2.54. The van der Waals surface area contributed by atoms with Crippen LogP contribution in [0.25, 0.3) is 0 Å². The van der Waals surface area contributed by atoms with Gasteiger partial charge in [-0.15, -0.1) is 0 Å². The van der Waals surface area contributed by atoms with Crippen LogP contribution < -0.4 is 0 Å². The van der Waals surface area contributed by atoms with E-state index < -0.39 is 10.0 Å². The topological polar surface area (TPSA) is 58.9 Å². The van der Waals surface area contributed by atoms with Crippen LogP contribution in [0.3, 0.4) is 0 Å². The van der Waals surface area contributed by atoms with E-state index in [0.29, 0.717) is 0 Å². The molecular formula is C7H8N2O2S. The Morgan fingerprint density at radius 1 is 1.50 bits per heavy atom. The average Bonchev–Trinajstić information content (AvgIpc) is 2.06. The van der Waals surface area contributed by atoms with Gasteiger partial charge in [0.25, 0.3) is 10.0 Å². The highest BCUT2D eigenvalue weighted by Gasteiger charge is 2.09. The van der Waals surface area contributed by atoms with E-state index in [9.17, 15) is 8.42 Å². The van der Waals surface area contributed by atoms with Crippen molar-refractivity contribution in [2.75, 3.05) is 6.54 Å². The summed E-state index contributed by atoms with van der Waals surface area (Å²) in [5.74, 6) is 0. The lowest BCUT2D eigenvalue weighted by Gasteiger charge is -1.93. The van der Waals surface area contributed by atoms with Crippen LogP contribution in [0.4, 0.5) is 0 Å². The summed E-state index contributed by atoms with van der Waals surface area (Å²) in [6.07, 6.45) is 5.64. The molecule has 0 aliphatic carbocycles. The predicted octanol–water partition coefficient (Wildman–Crippen LogP) is 0.541. The molecule has 1 rings (SSSR count). The van der Waals surface area contributed by atoms with Gasteiger partial charge in [0.05, 0.1) is 11.4 Å². The molecule has 4 nitrogen and oxygen atoms in total. The Balaban J connectivity index is 3.08. The highest BCUT2D eigenvalue weighted by atomic mass is 32.2. The standard InChI is InChI=1S/C7H8N2O2S/c1-7-3-2-4-8-5-6-9-12(7,10)11/h2-4,6H,1,5H2/b3-2-,8-4-,9-6-. The minimum Gasteiger partial charge on any atom is -0.287 e. The Morgan fingerprint density at radius 3 is 3.00 bits per heavy atom. The molecule has 0 saturated heterocycles. The summed E-state index contributed by atoms with van der Waals surface area (Å²) < 4.78 is 25.5. The zero-order valence-electron chi connectivity index (χ0n) is 6.34. The van der Waals surface area contributed by atoms with Crippen LogP contribution >= 0.6 is 0 Å². The van der Waals surface area contributed by atoms with Crippen molar-refractivity contribution in [2.24, 2.45) is 9.39 Å². The van der Waals surface area contributed by atoms with Gasteiger partial charge in [-0.1, -0.05) is 6.58 Å². The van der Waals surface area contributed by atoms with Gasteiger partial charge in [0.1, 0.15) is 0 Å². The van der Waals surface area contributed by atoms with E-state index in [1.807, 2.05) is 0 Å². The lowest BCUT2D eigenvalue weighted by molar-refractivity contribution is 0.605. The van der Waals surface area contributed by atoms with E-state index in [4.69, 9.17) is 0 Å². The summed E-state index contributed by atoms with van der Waals surface area (Å²) in [6, 6.07) is 0. The SMILES string of the molecule is C=C1/C=C\C=N/C/C=N\S1(=O)=O. The summed E-state index contributed by atoms with van der Waals surface area (Å²) in [5.41, 5.74) is 0. The number of aliphatic imine (C=N–C) groups is 1. The fourth-order valence-corrected chi connectivity index (χ4v) is 1.25. The van der Waals surface area contributed by atoms with E-state index in [2.05, 4.69) is 16.0 Å². The fourth-order valence-electron chi connectivity index (χ4n) is 0.604. The zero-order chi connectivity index (χ0) is 9.03. The summed E-state index contributed by atoms with van der Waals surface area (Å²) >= 11 is 0. The molecule has 5 heteroatoms. The lowest BCUT2D eigenvalue weighted by atomic mass is 10.5. The molecule has 0 bridgehead atoms. The zero-order valence-corrected chi connectivity index (χ0v) is 7.16. The third-order valence-corrected chi connectivity index (χ3v) is 2.43. The smallest absolute Gasteiger partial charge is 0.281 e. The van der Waals surface area contributed by atoms with Crippen molar-refractivity contribution in [3.8, 4) is 0 Å². The first-order chi connectivity index (χ1) is 5.63. The molecule has 0 unspecified atom stereocenters. The van der Waals surface area contributed by atoms with Gasteiger partial charge in [0.15, 0.2) is 0 Å². The normalized spacial score (nSPS) is 29.5. The number of sulfonamides is 1. The van der Waals surface area contributed by atoms with Gasteiger partial charge in [-0.3, -0.25) is 4.99 Å². The molecule has 1 aliphatic rings. The van der Waals surface area contributed by atoms with E-state index in [1.54, 1.807) is 0 Å². The highest BCUT2D eigenvalue weighted by molar-refractivity contribution is 7.94. The summed E-state index contributed by atoms with van der Waals surface area (Å²) in [5, 5.41) is 0. The lowest BCUT2D eigenvalue weighted by Crippen LogP contribution is -1.97. The fraction of sp³-hybridized carbons (Fsp3) is 0.143. The van der Waals surface area contributed by atoms with Gasteiger partial charge in [-0.25, -0.2) is 0 Å². The molecule has 12 heavy (non-hydrogen) atoms. The Morgan fingerprint density at radius 2 is 2.25 bits per heavy atom. The van der Waals surface area contributed by atoms with Crippen LogP contribution in [-0.4, -0.2) is 27.4 Å². The molecule has 0 aromatic heterocycles. The quantitative estimate of drug-likeness (QED) is 0.551. The maximum atomic E-state index is 11.1. The maximum absolute atomic E-state index is 11.1. The number of rotatable bonds is 0. The van der Waals surface area contributed by atoms with E-state index in [0.717, 1.165) is 0 Å². The largest absolute Gasteiger partial charge is 0.287 e. The van der Waals surface area contributed by atoms with Gasteiger partial charge in [0.2, 0.25) is 0 Å². The van der Waals surface area contributed by atoms with Gasteiger partial charge >= 0.3 is 0 Å². The Hall–Kier alpha value is -1.23. The van der Waals surface area contributed by atoms with Crippen LogP contribution in [0.2, 0.25) is 0 Å². The van der Waals surface area contributed by atoms with Crippen molar-refractivity contribution < 1.29 is 8.42 Å². The molecule has 0 fully saturated rings. The van der Waals surface area contributed by atoms with Crippen molar-refractivity contribution in [1.82, 2.24) is 0 Å². The minimum absolute atomic E-state index is 0.0212. The second-order valence-corrected chi connectivity index (χ2v) is 3.79. The van der Waals surface area contributed by atoms with Crippen molar-refractivity contribution in [3.63, 3.8) is 0 Å². The number of hydrogen-bond donors (Lipinski definition) is 0. The second-order valence-electron chi connectivity index (χ2n) is 2.10. The second kappa shape index (κ2) is 3.44.